The lowest BCUT2D eigenvalue weighted by atomic mass is 9.87. The largest absolute Gasteiger partial charge is 0.484 e. The molecule has 3 aromatic carbocycles. The lowest BCUT2D eigenvalue weighted by Crippen LogP contribution is -2.24. The Bertz CT molecular complexity index is 1280. The van der Waals surface area contributed by atoms with E-state index in [4.69, 9.17) is 4.74 Å². The van der Waals surface area contributed by atoms with Gasteiger partial charge in [0.05, 0.1) is 11.9 Å². The highest BCUT2D eigenvalue weighted by Gasteiger charge is 2.15. The van der Waals surface area contributed by atoms with Crippen molar-refractivity contribution in [3.8, 4) is 17.0 Å². The van der Waals surface area contributed by atoms with Gasteiger partial charge in [-0.05, 0) is 34.7 Å². The molecule has 0 saturated heterocycles. The van der Waals surface area contributed by atoms with Crippen LogP contribution in [0.1, 0.15) is 31.9 Å². The monoisotopic (exact) mass is 439 g/mol. The van der Waals surface area contributed by atoms with Crippen LogP contribution in [-0.4, -0.2) is 23.3 Å². The van der Waals surface area contributed by atoms with E-state index in [2.05, 4.69) is 60.1 Å². The zero-order valence-corrected chi connectivity index (χ0v) is 19.5. The first-order valence-electron chi connectivity index (χ1n) is 11.0. The lowest BCUT2D eigenvalue weighted by molar-refractivity contribution is -0.123. The van der Waals surface area contributed by atoms with Crippen LogP contribution in [-0.2, 0) is 17.3 Å². The Balaban J connectivity index is 1.47. The summed E-state index contributed by atoms with van der Waals surface area (Å²) in [7, 11) is 2.04. The summed E-state index contributed by atoms with van der Waals surface area (Å²) in [6, 6.07) is 26.2. The Kier molecular flexibility index (Phi) is 6.31. The molecule has 0 aliphatic rings. The number of ether oxygens (including phenoxy) is 1. The summed E-state index contributed by atoms with van der Waals surface area (Å²) < 4.78 is 7.77. The fourth-order valence-electron chi connectivity index (χ4n) is 3.90. The van der Waals surface area contributed by atoms with Crippen LogP contribution in [0.4, 0.5) is 0 Å². The molecule has 5 nitrogen and oxygen atoms in total. The molecule has 1 amide bonds. The summed E-state index contributed by atoms with van der Waals surface area (Å²) in [6.07, 6.45) is 1.71. The van der Waals surface area contributed by atoms with Gasteiger partial charge in [0, 0.05) is 23.5 Å². The highest BCUT2D eigenvalue weighted by Crippen LogP contribution is 2.31. The Morgan fingerprint density at radius 1 is 0.970 bits per heavy atom. The number of fused-ring (bicyclic) bond motifs is 1. The zero-order chi connectivity index (χ0) is 23.4. The molecule has 1 aromatic heterocycles. The Morgan fingerprint density at radius 3 is 2.33 bits per heavy atom. The minimum Gasteiger partial charge on any atom is -0.484 e. The molecule has 0 spiro atoms. The average Bonchev–Trinajstić information content (AvgIpc) is 3.10. The number of carbonyl (C=O) groups excluding carboxylic acids is 1. The Morgan fingerprint density at radius 2 is 1.64 bits per heavy atom. The summed E-state index contributed by atoms with van der Waals surface area (Å²) in [5.74, 6) is 0.343. The molecule has 0 fully saturated rings. The molecule has 0 atom stereocenters. The van der Waals surface area contributed by atoms with Crippen molar-refractivity contribution in [1.29, 1.82) is 0 Å². The van der Waals surface area contributed by atoms with Gasteiger partial charge in [0.25, 0.3) is 5.91 Å². The van der Waals surface area contributed by atoms with Gasteiger partial charge in [-0.15, -0.1) is 0 Å². The number of rotatable bonds is 6. The van der Waals surface area contributed by atoms with E-state index in [1.54, 1.807) is 6.21 Å². The van der Waals surface area contributed by atoms with E-state index in [1.165, 1.54) is 5.56 Å². The van der Waals surface area contributed by atoms with Crippen molar-refractivity contribution >= 4 is 23.0 Å². The number of para-hydroxylation sites is 1. The third-order valence-corrected chi connectivity index (χ3v) is 5.67. The van der Waals surface area contributed by atoms with E-state index < -0.39 is 0 Å². The summed E-state index contributed by atoms with van der Waals surface area (Å²) in [5, 5.41) is 5.31. The molecule has 1 heterocycles. The normalized spacial score (nSPS) is 11.8. The Labute approximate surface area is 194 Å². The SMILES string of the molecule is Cn1c(-c2ccccc2)c(C=NNC(=O)COc2ccc(C(C)(C)C)cc2)c2ccccc21. The predicted molar refractivity (Wildman–Crippen MR) is 135 cm³/mol. The molecule has 33 heavy (non-hydrogen) atoms. The molecule has 4 rings (SSSR count). The molecule has 0 radical (unpaired) electrons. The molecule has 5 heteroatoms. The zero-order valence-electron chi connectivity index (χ0n) is 19.5. The maximum atomic E-state index is 12.3. The van der Waals surface area contributed by atoms with Crippen molar-refractivity contribution in [2.45, 2.75) is 26.2 Å². The number of hydrogen-bond donors (Lipinski definition) is 1. The molecule has 168 valence electrons. The van der Waals surface area contributed by atoms with Crippen molar-refractivity contribution < 1.29 is 9.53 Å². The molecule has 0 saturated carbocycles. The minimum atomic E-state index is -0.312. The second kappa shape index (κ2) is 9.33. The first-order chi connectivity index (χ1) is 15.8. The number of hydrogen-bond acceptors (Lipinski definition) is 3. The fraction of sp³-hybridized carbons (Fsp3) is 0.214. The first kappa shape index (κ1) is 22.3. The number of nitrogens with one attached hydrogen (secondary N) is 1. The molecule has 0 aliphatic carbocycles. The quantitative estimate of drug-likeness (QED) is 0.311. The van der Waals surface area contributed by atoms with Gasteiger partial charge in [-0.3, -0.25) is 4.79 Å². The maximum absolute atomic E-state index is 12.3. The van der Waals surface area contributed by atoms with E-state index >= 15 is 0 Å². The highest BCUT2D eigenvalue weighted by molar-refractivity contribution is 6.06. The van der Waals surface area contributed by atoms with Gasteiger partial charge in [0.1, 0.15) is 5.75 Å². The highest BCUT2D eigenvalue weighted by atomic mass is 16.5. The van der Waals surface area contributed by atoms with Gasteiger partial charge in [-0.1, -0.05) is 81.4 Å². The second-order valence-electron chi connectivity index (χ2n) is 9.06. The molecular weight excluding hydrogens is 410 g/mol. The van der Waals surface area contributed by atoms with Crippen molar-refractivity contribution in [2.24, 2.45) is 12.1 Å². The molecule has 4 aromatic rings. The van der Waals surface area contributed by atoms with Crippen LogP contribution in [0.5, 0.6) is 5.75 Å². The minimum absolute atomic E-state index is 0.0742. The van der Waals surface area contributed by atoms with E-state index in [-0.39, 0.29) is 17.9 Å². The van der Waals surface area contributed by atoms with Crippen LogP contribution in [0.25, 0.3) is 22.2 Å². The fourth-order valence-corrected chi connectivity index (χ4v) is 3.90. The number of hydrazone groups is 1. The number of benzene rings is 3. The van der Waals surface area contributed by atoms with Gasteiger partial charge in [0.2, 0.25) is 0 Å². The Hall–Kier alpha value is -3.86. The van der Waals surface area contributed by atoms with E-state index in [0.717, 1.165) is 27.7 Å². The number of amides is 1. The van der Waals surface area contributed by atoms with Crippen molar-refractivity contribution in [3.05, 3.63) is 90.0 Å². The molecule has 0 unspecified atom stereocenters. The summed E-state index contributed by atoms with van der Waals surface area (Å²) in [5.41, 5.74) is 8.07. The van der Waals surface area contributed by atoms with Gasteiger partial charge >= 0.3 is 0 Å². The molecule has 0 aliphatic heterocycles. The number of aromatic nitrogens is 1. The standard InChI is InChI=1S/C28H29N3O2/c1-28(2,3)21-14-16-22(17-15-21)33-19-26(32)30-29-18-24-23-12-8-9-13-25(23)31(4)27(24)20-10-6-5-7-11-20/h5-18H,19H2,1-4H3,(H,30,32). The van der Waals surface area contributed by atoms with Gasteiger partial charge in [-0.25, -0.2) is 5.43 Å². The smallest absolute Gasteiger partial charge is 0.277 e. The van der Waals surface area contributed by atoms with Crippen molar-refractivity contribution in [1.82, 2.24) is 9.99 Å². The number of nitrogens with zero attached hydrogens (tertiary/aromatic N) is 2. The molecule has 0 bridgehead atoms. The van der Waals surface area contributed by atoms with Crippen LogP contribution < -0.4 is 10.2 Å². The lowest BCUT2D eigenvalue weighted by Gasteiger charge is -2.19. The number of carbonyl (C=O) groups is 1. The second-order valence-corrected chi connectivity index (χ2v) is 9.06. The van der Waals surface area contributed by atoms with Crippen molar-refractivity contribution in [2.75, 3.05) is 6.61 Å². The van der Waals surface area contributed by atoms with E-state index in [0.29, 0.717) is 5.75 Å². The molecule has 1 N–H and O–H groups in total. The third kappa shape index (κ3) is 4.98. The van der Waals surface area contributed by atoms with E-state index in [1.807, 2.05) is 61.6 Å². The van der Waals surface area contributed by atoms with Crippen LogP contribution in [0.2, 0.25) is 0 Å². The van der Waals surface area contributed by atoms with Crippen LogP contribution in [0.3, 0.4) is 0 Å². The van der Waals surface area contributed by atoms with Gasteiger partial charge < -0.3 is 9.30 Å². The topological polar surface area (TPSA) is 55.6 Å². The van der Waals surface area contributed by atoms with E-state index in [9.17, 15) is 4.79 Å². The van der Waals surface area contributed by atoms with Gasteiger partial charge in [0.15, 0.2) is 6.61 Å². The summed E-state index contributed by atoms with van der Waals surface area (Å²) in [4.78, 5) is 12.3. The predicted octanol–water partition coefficient (Wildman–Crippen LogP) is 5.67. The number of aryl methyl sites for hydroxylation is 1. The average molecular weight is 440 g/mol. The van der Waals surface area contributed by atoms with Crippen LogP contribution in [0.15, 0.2) is 84.0 Å². The summed E-state index contributed by atoms with van der Waals surface area (Å²) >= 11 is 0. The molecular formula is C28H29N3O2. The van der Waals surface area contributed by atoms with Crippen LogP contribution >= 0.6 is 0 Å². The summed E-state index contributed by atoms with van der Waals surface area (Å²) in [6.45, 7) is 6.38. The first-order valence-corrected chi connectivity index (χ1v) is 11.0. The van der Waals surface area contributed by atoms with Crippen LogP contribution in [0, 0.1) is 0 Å². The van der Waals surface area contributed by atoms with Gasteiger partial charge in [-0.2, -0.15) is 5.10 Å². The maximum Gasteiger partial charge on any atom is 0.277 e. The van der Waals surface area contributed by atoms with Crippen molar-refractivity contribution in [3.63, 3.8) is 0 Å². The third-order valence-electron chi connectivity index (χ3n) is 5.67.